The van der Waals surface area contributed by atoms with Gasteiger partial charge >= 0.3 is 0 Å². The summed E-state index contributed by atoms with van der Waals surface area (Å²) in [6, 6.07) is 6.95. The van der Waals surface area contributed by atoms with Gasteiger partial charge in [0.25, 0.3) is 0 Å². The first-order valence-electron chi connectivity index (χ1n) is 8.26. The highest BCUT2D eigenvalue weighted by Crippen LogP contribution is 2.48. The van der Waals surface area contributed by atoms with E-state index in [0.717, 1.165) is 18.4 Å². The molecule has 1 amide bonds. The third-order valence-electron chi connectivity index (χ3n) is 4.66. The van der Waals surface area contributed by atoms with Gasteiger partial charge in [-0.2, -0.15) is 0 Å². The molecule has 0 bridgehead atoms. The first-order valence-corrected chi connectivity index (χ1v) is 8.26. The lowest BCUT2D eigenvalue weighted by molar-refractivity contribution is -0.128. The Labute approximate surface area is 143 Å². The average Bonchev–Trinajstić information content (AvgIpc) is 3.35. The van der Waals surface area contributed by atoms with E-state index < -0.39 is 5.41 Å². The van der Waals surface area contributed by atoms with Gasteiger partial charge in [0, 0.05) is 32.6 Å². The Balaban J connectivity index is 1.93. The van der Waals surface area contributed by atoms with Crippen LogP contribution in [0.15, 0.2) is 29.3 Å². The van der Waals surface area contributed by atoms with Gasteiger partial charge in [-0.3, -0.25) is 9.79 Å². The van der Waals surface area contributed by atoms with Crippen LogP contribution in [0.3, 0.4) is 0 Å². The van der Waals surface area contributed by atoms with Crippen molar-refractivity contribution in [2.75, 3.05) is 27.2 Å². The van der Waals surface area contributed by atoms with E-state index in [1.54, 1.807) is 20.2 Å². The molecular formula is C18H27FN4O. The average molecular weight is 334 g/mol. The van der Waals surface area contributed by atoms with E-state index in [1.807, 2.05) is 26.0 Å². The van der Waals surface area contributed by atoms with Gasteiger partial charge in [0.2, 0.25) is 5.91 Å². The number of amides is 1. The van der Waals surface area contributed by atoms with Gasteiger partial charge in [0.05, 0.1) is 5.41 Å². The SMILES string of the molecule is CN=C(NCC(C)(C)C(=O)NC)NCC1(c2ccccc2F)CC1. The minimum atomic E-state index is -0.546. The summed E-state index contributed by atoms with van der Waals surface area (Å²) in [5.41, 5.74) is 0.0627. The van der Waals surface area contributed by atoms with Crippen LogP contribution >= 0.6 is 0 Å². The number of nitrogens with zero attached hydrogens (tertiary/aromatic N) is 1. The van der Waals surface area contributed by atoms with Gasteiger partial charge in [-0.15, -0.1) is 0 Å². The van der Waals surface area contributed by atoms with Crippen molar-refractivity contribution in [3.05, 3.63) is 35.6 Å². The zero-order valence-electron chi connectivity index (χ0n) is 14.9. The highest BCUT2D eigenvalue weighted by molar-refractivity contribution is 5.84. The Hall–Kier alpha value is -2.11. The molecule has 0 heterocycles. The summed E-state index contributed by atoms with van der Waals surface area (Å²) in [6.07, 6.45) is 1.92. The highest BCUT2D eigenvalue weighted by atomic mass is 19.1. The van der Waals surface area contributed by atoms with Crippen molar-refractivity contribution >= 4 is 11.9 Å². The second-order valence-electron chi connectivity index (χ2n) is 7.00. The highest BCUT2D eigenvalue weighted by Gasteiger charge is 2.45. The molecule has 2 rings (SSSR count). The molecular weight excluding hydrogens is 307 g/mol. The maximum Gasteiger partial charge on any atom is 0.227 e. The Bertz CT molecular complexity index is 623. The summed E-state index contributed by atoms with van der Waals surface area (Å²) in [5.74, 6) is 0.436. The molecule has 132 valence electrons. The molecule has 1 aliphatic rings. The van der Waals surface area contributed by atoms with Crippen molar-refractivity contribution in [1.82, 2.24) is 16.0 Å². The van der Waals surface area contributed by atoms with Gasteiger partial charge in [0.1, 0.15) is 5.82 Å². The number of nitrogens with one attached hydrogen (secondary N) is 3. The zero-order chi connectivity index (χ0) is 17.8. The molecule has 1 aliphatic carbocycles. The molecule has 1 aromatic carbocycles. The summed E-state index contributed by atoms with van der Waals surface area (Å²) < 4.78 is 14.0. The van der Waals surface area contributed by atoms with Crippen molar-refractivity contribution in [3.8, 4) is 0 Å². The predicted molar refractivity (Wildman–Crippen MR) is 94.5 cm³/mol. The van der Waals surface area contributed by atoms with E-state index in [-0.39, 0.29) is 17.1 Å². The van der Waals surface area contributed by atoms with E-state index in [4.69, 9.17) is 0 Å². The van der Waals surface area contributed by atoms with Gasteiger partial charge in [-0.05, 0) is 38.3 Å². The largest absolute Gasteiger partial charge is 0.359 e. The number of rotatable bonds is 6. The summed E-state index contributed by atoms with van der Waals surface area (Å²) in [6.45, 7) is 4.81. The summed E-state index contributed by atoms with van der Waals surface area (Å²) in [7, 11) is 3.31. The third kappa shape index (κ3) is 4.04. The first kappa shape index (κ1) is 18.2. The number of guanidine groups is 1. The van der Waals surface area contributed by atoms with Crippen molar-refractivity contribution in [1.29, 1.82) is 0 Å². The molecule has 0 aromatic heterocycles. The van der Waals surface area contributed by atoms with Gasteiger partial charge < -0.3 is 16.0 Å². The maximum atomic E-state index is 14.0. The first-order chi connectivity index (χ1) is 11.3. The lowest BCUT2D eigenvalue weighted by atomic mass is 9.92. The topological polar surface area (TPSA) is 65.5 Å². The van der Waals surface area contributed by atoms with Crippen LogP contribution in [0.25, 0.3) is 0 Å². The third-order valence-corrected chi connectivity index (χ3v) is 4.66. The fourth-order valence-electron chi connectivity index (χ4n) is 2.78. The monoisotopic (exact) mass is 334 g/mol. The minimum Gasteiger partial charge on any atom is -0.359 e. The van der Waals surface area contributed by atoms with Crippen molar-refractivity contribution in [2.45, 2.75) is 32.1 Å². The molecule has 0 atom stereocenters. The van der Waals surface area contributed by atoms with Gasteiger partial charge in [0.15, 0.2) is 5.96 Å². The van der Waals surface area contributed by atoms with Crippen LogP contribution in [0.2, 0.25) is 0 Å². The van der Waals surface area contributed by atoms with E-state index in [2.05, 4.69) is 20.9 Å². The Kier molecular flexibility index (Phi) is 5.47. The van der Waals surface area contributed by atoms with Crippen molar-refractivity contribution < 1.29 is 9.18 Å². The molecule has 0 saturated heterocycles. The number of carbonyl (C=O) groups excluding carboxylic acids is 1. The molecule has 3 N–H and O–H groups in total. The Morgan fingerprint density at radius 3 is 2.50 bits per heavy atom. The van der Waals surface area contributed by atoms with Crippen LogP contribution < -0.4 is 16.0 Å². The second-order valence-corrected chi connectivity index (χ2v) is 7.00. The number of hydrogen-bond acceptors (Lipinski definition) is 2. The Morgan fingerprint density at radius 1 is 1.29 bits per heavy atom. The number of benzene rings is 1. The van der Waals surface area contributed by atoms with Crippen LogP contribution in [-0.2, 0) is 10.2 Å². The summed E-state index contributed by atoms with van der Waals surface area (Å²) >= 11 is 0. The number of halogens is 1. The van der Waals surface area contributed by atoms with Gasteiger partial charge in [-0.1, -0.05) is 18.2 Å². The van der Waals surface area contributed by atoms with Crippen LogP contribution in [0, 0.1) is 11.2 Å². The van der Waals surface area contributed by atoms with E-state index >= 15 is 0 Å². The quantitative estimate of drug-likeness (QED) is 0.549. The lowest BCUT2D eigenvalue weighted by Gasteiger charge is -2.25. The van der Waals surface area contributed by atoms with Crippen LogP contribution in [0.1, 0.15) is 32.3 Å². The van der Waals surface area contributed by atoms with E-state index in [9.17, 15) is 9.18 Å². The van der Waals surface area contributed by atoms with E-state index in [0.29, 0.717) is 19.0 Å². The standard InChI is InChI=1S/C18H27FN4O/c1-17(2,15(24)20-3)11-22-16(21-4)23-12-18(9-10-18)13-7-5-6-8-14(13)19/h5-8H,9-12H2,1-4H3,(H,20,24)(H2,21,22,23). The normalized spacial score (nSPS) is 16.5. The van der Waals surface area contributed by atoms with Crippen LogP contribution in [0.5, 0.6) is 0 Å². The molecule has 1 fully saturated rings. The molecule has 0 unspecified atom stereocenters. The summed E-state index contributed by atoms with van der Waals surface area (Å²) in [4.78, 5) is 16.0. The van der Waals surface area contributed by atoms with Crippen LogP contribution in [0.4, 0.5) is 4.39 Å². The van der Waals surface area contributed by atoms with Crippen molar-refractivity contribution in [2.24, 2.45) is 10.4 Å². The molecule has 5 nitrogen and oxygen atoms in total. The molecule has 1 aromatic rings. The zero-order valence-corrected chi connectivity index (χ0v) is 14.9. The molecule has 24 heavy (non-hydrogen) atoms. The Morgan fingerprint density at radius 2 is 1.96 bits per heavy atom. The molecule has 0 radical (unpaired) electrons. The maximum absolute atomic E-state index is 14.0. The fraction of sp³-hybridized carbons (Fsp3) is 0.556. The number of carbonyl (C=O) groups is 1. The number of hydrogen-bond donors (Lipinski definition) is 3. The fourth-order valence-corrected chi connectivity index (χ4v) is 2.78. The smallest absolute Gasteiger partial charge is 0.227 e. The number of aliphatic imine (C=N–C) groups is 1. The second kappa shape index (κ2) is 7.20. The van der Waals surface area contributed by atoms with E-state index in [1.165, 1.54) is 6.07 Å². The van der Waals surface area contributed by atoms with Crippen LogP contribution in [-0.4, -0.2) is 39.1 Å². The lowest BCUT2D eigenvalue weighted by Crippen LogP contribution is -2.48. The van der Waals surface area contributed by atoms with Crippen molar-refractivity contribution in [3.63, 3.8) is 0 Å². The van der Waals surface area contributed by atoms with Gasteiger partial charge in [-0.25, -0.2) is 4.39 Å². The summed E-state index contributed by atoms with van der Waals surface area (Å²) in [5, 5.41) is 9.10. The predicted octanol–water partition coefficient (Wildman–Crippen LogP) is 1.79. The minimum absolute atomic E-state index is 0.0320. The molecule has 1 saturated carbocycles. The molecule has 0 aliphatic heterocycles. The molecule has 6 heteroatoms. The molecule has 0 spiro atoms.